The maximum atomic E-state index is 12.4. The summed E-state index contributed by atoms with van der Waals surface area (Å²) in [4.78, 5) is 13.1. The van der Waals surface area contributed by atoms with E-state index in [9.17, 15) is 4.79 Å². The molecule has 1 heterocycles. The molecule has 0 aliphatic rings. The van der Waals surface area contributed by atoms with E-state index in [4.69, 9.17) is 4.74 Å². The van der Waals surface area contributed by atoms with Crippen molar-refractivity contribution >= 4 is 27.3 Å². The minimum absolute atomic E-state index is 0.0806. The monoisotopic (exact) mass is 354 g/mol. The van der Waals surface area contributed by atoms with E-state index in [2.05, 4.69) is 22.8 Å². The second kappa shape index (κ2) is 8.65. The Morgan fingerprint density at radius 3 is 2.56 bits per heavy atom. The fourth-order valence-corrected chi connectivity index (χ4v) is 3.81. The average molecular weight is 354 g/mol. The van der Waals surface area contributed by atoms with Crippen LogP contribution in [-0.2, 0) is 6.42 Å². The first-order valence-electron chi connectivity index (χ1n) is 8.38. The Bertz CT molecular complexity index is 830. The molecule has 0 bridgehead atoms. The maximum Gasteiger partial charge on any atom is 0.265 e. The summed E-state index contributed by atoms with van der Waals surface area (Å²) in [6.45, 7) is 2.23. The largest absolute Gasteiger partial charge is 0.494 e. The summed E-state index contributed by atoms with van der Waals surface area (Å²) in [6.07, 6.45) is 0.985. The van der Waals surface area contributed by atoms with Crippen LogP contribution in [0.4, 0.5) is 0 Å². The molecule has 3 aromatic rings. The Morgan fingerprint density at radius 2 is 1.76 bits per heavy atom. The van der Waals surface area contributed by atoms with Crippen molar-refractivity contribution in [3.05, 3.63) is 65.0 Å². The van der Waals surface area contributed by atoms with Crippen LogP contribution in [0.1, 0.15) is 15.2 Å². The molecular formula is C20H22N2O2S. The molecule has 0 aliphatic carbocycles. The molecule has 25 heavy (non-hydrogen) atoms. The van der Waals surface area contributed by atoms with Gasteiger partial charge in [0.25, 0.3) is 5.91 Å². The molecule has 0 radical (unpaired) electrons. The zero-order valence-corrected chi connectivity index (χ0v) is 15.1. The van der Waals surface area contributed by atoms with Gasteiger partial charge in [0.05, 0.1) is 7.11 Å². The van der Waals surface area contributed by atoms with Gasteiger partial charge in [-0.25, -0.2) is 0 Å². The standard InChI is InChI=1S/C20H22N2O2S/c1-24-18-16-9-5-6-10-17(16)25-19(18)20(23)22-14-13-21-12-11-15-7-3-2-4-8-15/h2-10,21H,11-14H2,1H3,(H,22,23). The number of thiophene rings is 1. The number of methoxy groups -OCH3 is 1. The summed E-state index contributed by atoms with van der Waals surface area (Å²) in [7, 11) is 1.61. The highest BCUT2D eigenvalue weighted by molar-refractivity contribution is 7.21. The van der Waals surface area contributed by atoms with Gasteiger partial charge in [0.1, 0.15) is 10.6 Å². The minimum Gasteiger partial charge on any atom is -0.494 e. The van der Waals surface area contributed by atoms with Crippen molar-refractivity contribution in [1.29, 1.82) is 0 Å². The molecule has 1 aromatic heterocycles. The number of carbonyl (C=O) groups is 1. The molecule has 0 unspecified atom stereocenters. The van der Waals surface area contributed by atoms with Crippen LogP contribution >= 0.6 is 11.3 Å². The predicted molar refractivity (Wildman–Crippen MR) is 104 cm³/mol. The van der Waals surface area contributed by atoms with Crippen LogP contribution in [0.15, 0.2) is 54.6 Å². The molecule has 3 rings (SSSR count). The second-order valence-electron chi connectivity index (χ2n) is 5.70. The number of benzene rings is 2. The number of rotatable bonds is 8. The predicted octanol–water partition coefficient (Wildman–Crippen LogP) is 3.47. The molecule has 0 aliphatic heterocycles. The topological polar surface area (TPSA) is 50.4 Å². The van der Waals surface area contributed by atoms with Gasteiger partial charge in [-0.1, -0.05) is 42.5 Å². The van der Waals surface area contributed by atoms with Gasteiger partial charge in [-0.15, -0.1) is 11.3 Å². The number of hydrogen-bond donors (Lipinski definition) is 2. The van der Waals surface area contributed by atoms with Crippen LogP contribution in [0.2, 0.25) is 0 Å². The minimum atomic E-state index is -0.0806. The SMILES string of the molecule is COc1c(C(=O)NCCNCCc2ccccc2)sc2ccccc12. The van der Waals surface area contributed by atoms with Crippen molar-refractivity contribution < 1.29 is 9.53 Å². The van der Waals surface area contributed by atoms with Gasteiger partial charge < -0.3 is 15.4 Å². The number of carbonyl (C=O) groups excluding carboxylic acids is 1. The molecule has 4 nitrogen and oxygen atoms in total. The van der Waals surface area contributed by atoms with E-state index in [1.54, 1.807) is 7.11 Å². The molecule has 2 aromatic carbocycles. The molecular weight excluding hydrogens is 332 g/mol. The number of nitrogens with one attached hydrogen (secondary N) is 2. The highest BCUT2D eigenvalue weighted by Gasteiger charge is 2.18. The Kier molecular flexibility index (Phi) is 6.04. The van der Waals surface area contributed by atoms with Crippen LogP contribution < -0.4 is 15.4 Å². The Hall–Kier alpha value is -2.37. The van der Waals surface area contributed by atoms with Gasteiger partial charge in [0.2, 0.25) is 0 Å². The molecule has 0 saturated carbocycles. The quantitative estimate of drug-likeness (QED) is 0.609. The molecule has 0 atom stereocenters. The summed E-state index contributed by atoms with van der Waals surface area (Å²) in [5.74, 6) is 0.582. The Morgan fingerprint density at radius 1 is 1.00 bits per heavy atom. The maximum absolute atomic E-state index is 12.4. The number of amides is 1. The molecule has 2 N–H and O–H groups in total. The summed E-state index contributed by atoms with van der Waals surface area (Å²) < 4.78 is 6.51. The molecule has 1 amide bonds. The third-order valence-corrected chi connectivity index (χ3v) is 5.13. The van der Waals surface area contributed by atoms with Crippen molar-refractivity contribution in [3.8, 4) is 5.75 Å². The van der Waals surface area contributed by atoms with Crippen molar-refractivity contribution in [3.63, 3.8) is 0 Å². The van der Waals surface area contributed by atoms with E-state index >= 15 is 0 Å². The molecule has 0 fully saturated rings. The number of hydrogen-bond acceptors (Lipinski definition) is 4. The van der Waals surface area contributed by atoms with Crippen molar-refractivity contribution in [2.75, 3.05) is 26.7 Å². The lowest BCUT2D eigenvalue weighted by molar-refractivity contribution is 0.0955. The lowest BCUT2D eigenvalue weighted by Gasteiger charge is -2.07. The Balaban J connectivity index is 1.47. The van der Waals surface area contributed by atoms with Gasteiger partial charge in [-0.2, -0.15) is 0 Å². The lowest BCUT2D eigenvalue weighted by atomic mass is 10.1. The van der Waals surface area contributed by atoms with Crippen molar-refractivity contribution in [2.45, 2.75) is 6.42 Å². The van der Waals surface area contributed by atoms with Crippen LogP contribution in [0, 0.1) is 0 Å². The fraction of sp³-hybridized carbons (Fsp3) is 0.250. The number of fused-ring (bicyclic) bond motifs is 1. The van der Waals surface area contributed by atoms with Crippen molar-refractivity contribution in [1.82, 2.24) is 10.6 Å². The van der Waals surface area contributed by atoms with Crippen LogP contribution in [-0.4, -0.2) is 32.7 Å². The zero-order valence-electron chi connectivity index (χ0n) is 14.2. The van der Waals surface area contributed by atoms with Crippen LogP contribution in [0.5, 0.6) is 5.75 Å². The van der Waals surface area contributed by atoms with Crippen LogP contribution in [0.25, 0.3) is 10.1 Å². The highest BCUT2D eigenvalue weighted by Crippen LogP contribution is 2.37. The zero-order chi connectivity index (χ0) is 17.5. The molecule has 130 valence electrons. The van der Waals surface area contributed by atoms with E-state index < -0.39 is 0 Å². The smallest absolute Gasteiger partial charge is 0.265 e. The third-order valence-electron chi connectivity index (χ3n) is 3.98. The summed E-state index contributed by atoms with van der Waals surface area (Å²) >= 11 is 1.46. The highest BCUT2D eigenvalue weighted by atomic mass is 32.1. The first kappa shape index (κ1) is 17.5. The van der Waals surface area contributed by atoms with E-state index in [1.807, 2.05) is 42.5 Å². The van der Waals surface area contributed by atoms with Crippen molar-refractivity contribution in [2.24, 2.45) is 0 Å². The van der Waals surface area contributed by atoms with Gasteiger partial charge >= 0.3 is 0 Å². The second-order valence-corrected chi connectivity index (χ2v) is 6.75. The average Bonchev–Trinajstić information content (AvgIpc) is 3.04. The lowest BCUT2D eigenvalue weighted by Crippen LogP contribution is -2.32. The van der Waals surface area contributed by atoms with E-state index in [0.717, 1.165) is 29.6 Å². The first-order valence-corrected chi connectivity index (χ1v) is 9.19. The van der Waals surface area contributed by atoms with E-state index in [-0.39, 0.29) is 5.91 Å². The summed E-state index contributed by atoms with van der Waals surface area (Å²) in [6, 6.07) is 18.3. The summed E-state index contributed by atoms with van der Waals surface area (Å²) in [5, 5.41) is 7.30. The molecule has 0 saturated heterocycles. The van der Waals surface area contributed by atoms with Gasteiger partial charge in [0.15, 0.2) is 0 Å². The van der Waals surface area contributed by atoms with Gasteiger partial charge in [0, 0.05) is 23.2 Å². The van der Waals surface area contributed by atoms with Gasteiger partial charge in [-0.3, -0.25) is 4.79 Å². The number of ether oxygens (including phenoxy) is 1. The van der Waals surface area contributed by atoms with E-state index in [0.29, 0.717) is 17.2 Å². The molecule has 5 heteroatoms. The normalized spacial score (nSPS) is 10.8. The first-order chi connectivity index (χ1) is 12.3. The Labute approximate surface area is 151 Å². The fourth-order valence-electron chi connectivity index (χ4n) is 2.72. The molecule has 0 spiro atoms. The van der Waals surface area contributed by atoms with Gasteiger partial charge in [-0.05, 0) is 30.7 Å². The van der Waals surface area contributed by atoms with Crippen LogP contribution in [0.3, 0.4) is 0 Å². The third kappa shape index (κ3) is 4.38. The summed E-state index contributed by atoms with van der Waals surface area (Å²) in [5.41, 5.74) is 1.31. The van der Waals surface area contributed by atoms with E-state index in [1.165, 1.54) is 16.9 Å².